The van der Waals surface area contributed by atoms with Gasteiger partial charge < -0.3 is 20.5 Å². The average molecular weight is 315 g/mol. The van der Waals surface area contributed by atoms with Gasteiger partial charge in [0.05, 0.1) is 23.2 Å². The van der Waals surface area contributed by atoms with Gasteiger partial charge in [-0.3, -0.25) is 0 Å². The Balaban J connectivity index is 2.39. The minimum atomic E-state index is -3.82. The van der Waals surface area contributed by atoms with Crippen molar-refractivity contribution in [3.8, 4) is 0 Å². The molecule has 118 valence electrons. The smallest absolute Gasteiger partial charge is 0.238 e. The van der Waals surface area contributed by atoms with Crippen LogP contribution in [0.1, 0.15) is 13.8 Å². The Labute approximate surface area is 124 Å². The van der Waals surface area contributed by atoms with Crippen molar-refractivity contribution in [3.05, 3.63) is 18.2 Å². The summed E-state index contributed by atoms with van der Waals surface area (Å²) in [4.78, 5) is 1.91. The van der Waals surface area contributed by atoms with Gasteiger partial charge in [-0.05, 0) is 32.0 Å². The number of rotatable bonds is 3. The third-order valence-corrected chi connectivity index (χ3v) is 4.19. The minimum Gasteiger partial charge on any atom is -0.399 e. The topological polar surface area (TPSA) is 119 Å². The highest BCUT2D eigenvalue weighted by Crippen LogP contribution is 2.29. The van der Waals surface area contributed by atoms with Crippen LogP contribution in [0.2, 0.25) is 0 Å². The van der Waals surface area contributed by atoms with Gasteiger partial charge in [0.1, 0.15) is 0 Å². The number of sulfonamides is 1. The number of anilines is 2. The molecule has 1 heterocycles. The predicted octanol–water partition coefficient (Wildman–Crippen LogP) is -0.108. The van der Waals surface area contributed by atoms with Crippen LogP contribution in [0.25, 0.3) is 0 Å². The summed E-state index contributed by atoms with van der Waals surface area (Å²) in [6.45, 7) is 4.72. The zero-order valence-electron chi connectivity index (χ0n) is 12.1. The second kappa shape index (κ2) is 5.45. The van der Waals surface area contributed by atoms with Gasteiger partial charge in [-0.2, -0.15) is 0 Å². The van der Waals surface area contributed by atoms with E-state index in [0.29, 0.717) is 24.5 Å². The van der Waals surface area contributed by atoms with Crippen LogP contribution in [0, 0.1) is 0 Å². The fraction of sp³-hybridized carbons (Fsp3) is 0.538. The molecule has 1 saturated heterocycles. The highest BCUT2D eigenvalue weighted by molar-refractivity contribution is 7.89. The van der Waals surface area contributed by atoms with Gasteiger partial charge in [0, 0.05) is 24.5 Å². The highest BCUT2D eigenvalue weighted by atomic mass is 32.2. The molecule has 8 heteroatoms. The van der Waals surface area contributed by atoms with Gasteiger partial charge in [0.15, 0.2) is 0 Å². The summed E-state index contributed by atoms with van der Waals surface area (Å²) in [5, 5.41) is 14.5. The van der Waals surface area contributed by atoms with Crippen LogP contribution in [0.3, 0.4) is 0 Å². The van der Waals surface area contributed by atoms with Crippen LogP contribution in [0.4, 0.5) is 11.4 Å². The third kappa shape index (κ3) is 3.85. The second-order valence-electron chi connectivity index (χ2n) is 5.87. The summed E-state index contributed by atoms with van der Waals surface area (Å²) in [6, 6.07) is 4.50. The molecule has 0 aliphatic carbocycles. The highest BCUT2D eigenvalue weighted by Gasteiger charge is 2.33. The van der Waals surface area contributed by atoms with Gasteiger partial charge in [-0.1, -0.05) is 0 Å². The zero-order valence-corrected chi connectivity index (χ0v) is 12.9. The molecule has 1 fully saturated rings. The molecule has 1 atom stereocenters. The van der Waals surface area contributed by atoms with Gasteiger partial charge in [-0.25, -0.2) is 13.6 Å². The van der Waals surface area contributed by atoms with Crippen LogP contribution in [0.15, 0.2) is 23.1 Å². The maximum Gasteiger partial charge on any atom is 0.238 e. The second-order valence-corrected chi connectivity index (χ2v) is 7.43. The van der Waals surface area contributed by atoms with Gasteiger partial charge >= 0.3 is 0 Å². The van der Waals surface area contributed by atoms with Crippen LogP contribution >= 0.6 is 0 Å². The largest absolute Gasteiger partial charge is 0.399 e. The van der Waals surface area contributed by atoms with Gasteiger partial charge in [-0.15, -0.1) is 0 Å². The number of aliphatic hydroxyl groups excluding tert-OH is 1. The molecule has 21 heavy (non-hydrogen) atoms. The summed E-state index contributed by atoms with van der Waals surface area (Å²) in [5.41, 5.74) is 6.28. The summed E-state index contributed by atoms with van der Waals surface area (Å²) < 4.78 is 28.8. The minimum absolute atomic E-state index is 0.0256. The van der Waals surface area contributed by atoms with Crippen molar-refractivity contribution in [2.75, 3.05) is 30.3 Å². The molecular formula is C13H21N3O4S. The van der Waals surface area contributed by atoms with Crippen LogP contribution < -0.4 is 15.8 Å². The SMILES string of the molecule is CC1(C)CN(c2cc(N)cc(S(N)(=O)=O)c2)CC(CO)O1. The number of nitrogens with zero attached hydrogens (tertiary/aromatic N) is 1. The van der Waals surface area contributed by atoms with E-state index in [1.54, 1.807) is 6.07 Å². The molecule has 5 N–H and O–H groups in total. The summed E-state index contributed by atoms with van der Waals surface area (Å²) in [6.07, 6.45) is -0.340. The van der Waals surface area contributed by atoms with E-state index in [1.807, 2.05) is 18.7 Å². The molecule has 1 aromatic rings. The normalized spacial score (nSPS) is 22.3. The first-order chi connectivity index (χ1) is 9.60. The monoisotopic (exact) mass is 315 g/mol. The first kappa shape index (κ1) is 16.0. The lowest BCUT2D eigenvalue weighted by atomic mass is 10.0. The third-order valence-electron chi connectivity index (χ3n) is 3.29. The molecule has 0 aromatic heterocycles. The fourth-order valence-corrected chi connectivity index (χ4v) is 3.13. The molecule has 2 rings (SSSR count). The van der Waals surface area contributed by atoms with Crippen LogP contribution in [0.5, 0.6) is 0 Å². The van der Waals surface area contributed by atoms with Gasteiger partial charge in [0.2, 0.25) is 10.0 Å². The molecular weight excluding hydrogens is 294 g/mol. The Bertz CT molecular complexity index is 630. The Morgan fingerprint density at radius 1 is 1.43 bits per heavy atom. The molecule has 0 radical (unpaired) electrons. The maximum atomic E-state index is 11.5. The van der Waals surface area contributed by atoms with E-state index in [-0.39, 0.29) is 17.6 Å². The van der Waals surface area contributed by atoms with E-state index in [9.17, 15) is 13.5 Å². The molecule has 7 nitrogen and oxygen atoms in total. The molecule has 1 aliphatic heterocycles. The van der Waals surface area contributed by atoms with E-state index in [0.717, 1.165) is 0 Å². The number of aliphatic hydroxyl groups is 1. The molecule has 1 unspecified atom stereocenters. The Hall–Kier alpha value is -1.35. The van der Waals surface area contributed by atoms with E-state index < -0.39 is 15.6 Å². The number of hydrogen-bond donors (Lipinski definition) is 3. The van der Waals surface area contributed by atoms with Crippen molar-refractivity contribution in [1.29, 1.82) is 0 Å². The standard InChI is InChI=1S/C13H21N3O4S/c1-13(2)8-16(6-11(7-17)20-13)10-3-9(14)4-12(5-10)21(15,18)19/h3-5,11,17H,6-8,14H2,1-2H3,(H2,15,18,19). The number of primary sulfonamides is 1. The average Bonchev–Trinajstić information content (AvgIpc) is 2.35. The zero-order chi connectivity index (χ0) is 15.8. The number of morpholine rings is 1. The van der Waals surface area contributed by atoms with Crippen molar-refractivity contribution < 1.29 is 18.3 Å². The van der Waals surface area contributed by atoms with Crippen LogP contribution in [-0.4, -0.2) is 44.9 Å². The lowest BCUT2D eigenvalue weighted by Crippen LogP contribution is -2.54. The van der Waals surface area contributed by atoms with Crippen molar-refractivity contribution in [2.45, 2.75) is 30.4 Å². The lowest BCUT2D eigenvalue weighted by Gasteiger charge is -2.43. The number of ether oxygens (including phenoxy) is 1. The molecule has 1 aliphatic rings. The van der Waals surface area contributed by atoms with Crippen LogP contribution in [-0.2, 0) is 14.8 Å². The van der Waals surface area contributed by atoms with Crippen molar-refractivity contribution in [1.82, 2.24) is 0 Å². The number of nitrogen functional groups attached to an aromatic ring is 1. The summed E-state index contributed by atoms with van der Waals surface area (Å²) in [7, 11) is -3.82. The number of nitrogens with two attached hydrogens (primary N) is 2. The predicted molar refractivity (Wildman–Crippen MR) is 80.5 cm³/mol. The Morgan fingerprint density at radius 3 is 2.67 bits per heavy atom. The maximum absolute atomic E-state index is 11.5. The quantitative estimate of drug-likeness (QED) is 0.670. The van der Waals surface area contributed by atoms with Gasteiger partial charge in [0.25, 0.3) is 0 Å². The first-order valence-electron chi connectivity index (χ1n) is 6.58. The molecule has 0 amide bonds. The van der Waals surface area contributed by atoms with Crippen molar-refractivity contribution >= 4 is 21.4 Å². The number of benzene rings is 1. The summed E-state index contributed by atoms with van der Waals surface area (Å²) >= 11 is 0. The Kier molecular flexibility index (Phi) is 4.16. The van der Waals surface area contributed by atoms with E-state index in [2.05, 4.69) is 0 Å². The number of hydrogen-bond acceptors (Lipinski definition) is 6. The first-order valence-corrected chi connectivity index (χ1v) is 8.12. The molecule has 1 aromatic carbocycles. The molecule has 0 saturated carbocycles. The lowest BCUT2D eigenvalue weighted by molar-refractivity contribution is -0.101. The van der Waals surface area contributed by atoms with E-state index in [4.69, 9.17) is 15.6 Å². The van der Waals surface area contributed by atoms with E-state index in [1.165, 1.54) is 12.1 Å². The summed E-state index contributed by atoms with van der Waals surface area (Å²) in [5.74, 6) is 0. The van der Waals surface area contributed by atoms with E-state index >= 15 is 0 Å². The van der Waals surface area contributed by atoms with Crippen molar-refractivity contribution in [2.24, 2.45) is 5.14 Å². The Morgan fingerprint density at radius 2 is 2.10 bits per heavy atom. The fourth-order valence-electron chi connectivity index (χ4n) is 2.54. The molecule has 0 bridgehead atoms. The van der Waals surface area contributed by atoms with Crippen molar-refractivity contribution in [3.63, 3.8) is 0 Å². The molecule has 0 spiro atoms.